The largest absolute Gasteiger partial charge is 0.313 e. The van der Waals surface area contributed by atoms with Crippen LogP contribution < -0.4 is 5.32 Å². The Morgan fingerprint density at radius 2 is 2.45 bits per heavy atom. The van der Waals surface area contributed by atoms with E-state index in [1.807, 2.05) is 6.08 Å². The Labute approximate surface area is 66.0 Å². The number of piperidine rings is 1. The van der Waals surface area contributed by atoms with Crippen molar-refractivity contribution in [2.45, 2.75) is 6.42 Å². The maximum Gasteiger partial charge on any atom is 0.178 e. The Balaban J connectivity index is 2.21. The Bertz CT molecular complexity index is 240. The SMILES string of the molecule is O=C1C=CC2CCNCC2=C1. The fourth-order valence-electron chi connectivity index (χ4n) is 1.63. The molecular weight excluding hydrogens is 138 g/mol. The summed E-state index contributed by atoms with van der Waals surface area (Å²) in [5.74, 6) is 0.675. The summed E-state index contributed by atoms with van der Waals surface area (Å²) in [6.45, 7) is 1.96. The van der Waals surface area contributed by atoms with Gasteiger partial charge in [0.15, 0.2) is 5.78 Å². The zero-order chi connectivity index (χ0) is 7.68. The standard InChI is InChI=1S/C9H11NO/c11-9-2-1-7-3-4-10-6-8(7)5-9/h1-2,5,7,10H,3-4,6H2. The minimum Gasteiger partial charge on any atom is -0.313 e. The van der Waals surface area contributed by atoms with Crippen LogP contribution in [0.5, 0.6) is 0 Å². The second kappa shape index (κ2) is 2.62. The molecule has 1 aliphatic carbocycles. The van der Waals surface area contributed by atoms with Gasteiger partial charge in [-0.15, -0.1) is 0 Å². The van der Waals surface area contributed by atoms with Crippen molar-refractivity contribution in [2.24, 2.45) is 5.92 Å². The molecule has 1 fully saturated rings. The van der Waals surface area contributed by atoms with E-state index in [1.54, 1.807) is 12.2 Å². The summed E-state index contributed by atoms with van der Waals surface area (Å²) in [4.78, 5) is 10.9. The zero-order valence-electron chi connectivity index (χ0n) is 6.34. The highest BCUT2D eigenvalue weighted by atomic mass is 16.1. The van der Waals surface area contributed by atoms with Gasteiger partial charge in [-0.2, -0.15) is 0 Å². The number of fused-ring (bicyclic) bond motifs is 1. The molecule has 0 amide bonds. The van der Waals surface area contributed by atoms with Gasteiger partial charge in [-0.1, -0.05) is 6.08 Å². The molecule has 1 atom stereocenters. The molecular formula is C9H11NO. The van der Waals surface area contributed by atoms with E-state index in [0.29, 0.717) is 5.92 Å². The van der Waals surface area contributed by atoms with Crippen LogP contribution >= 0.6 is 0 Å². The first kappa shape index (κ1) is 6.80. The van der Waals surface area contributed by atoms with E-state index in [4.69, 9.17) is 0 Å². The molecule has 2 rings (SSSR count). The van der Waals surface area contributed by atoms with Crippen LogP contribution in [0, 0.1) is 5.92 Å². The third-order valence-corrected chi connectivity index (χ3v) is 2.26. The van der Waals surface area contributed by atoms with Crippen molar-refractivity contribution in [1.82, 2.24) is 5.32 Å². The van der Waals surface area contributed by atoms with Crippen molar-refractivity contribution in [3.8, 4) is 0 Å². The molecule has 2 aliphatic rings. The van der Waals surface area contributed by atoms with Gasteiger partial charge in [0, 0.05) is 12.5 Å². The lowest BCUT2D eigenvalue weighted by molar-refractivity contribution is -0.110. The van der Waals surface area contributed by atoms with Crippen molar-refractivity contribution in [3.63, 3.8) is 0 Å². The lowest BCUT2D eigenvalue weighted by atomic mass is 9.88. The van der Waals surface area contributed by atoms with E-state index in [1.165, 1.54) is 5.57 Å². The highest BCUT2D eigenvalue weighted by Crippen LogP contribution is 2.22. The summed E-state index contributed by atoms with van der Waals surface area (Å²) in [5, 5.41) is 3.25. The smallest absolute Gasteiger partial charge is 0.178 e. The molecule has 11 heavy (non-hydrogen) atoms. The number of ketones is 1. The molecule has 1 aliphatic heterocycles. The minimum absolute atomic E-state index is 0.139. The molecule has 1 N–H and O–H groups in total. The van der Waals surface area contributed by atoms with Crippen LogP contribution in [0.4, 0.5) is 0 Å². The first-order chi connectivity index (χ1) is 5.36. The number of carbonyl (C=O) groups is 1. The minimum atomic E-state index is 0.139. The average molecular weight is 149 g/mol. The Kier molecular flexibility index (Phi) is 1.62. The van der Waals surface area contributed by atoms with Crippen LogP contribution in [0.3, 0.4) is 0 Å². The predicted molar refractivity (Wildman–Crippen MR) is 43.2 cm³/mol. The van der Waals surface area contributed by atoms with E-state index in [-0.39, 0.29) is 5.78 Å². The number of carbonyl (C=O) groups excluding carboxylic acids is 1. The number of hydrogen-bond acceptors (Lipinski definition) is 2. The summed E-state index contributed by atoms with van der Waals surface area (Å²) >= 11 is 0. The zero-order valence-corrected chi connectivity index (χ0v) is 6.34. The first-order valence-corrected chi connectivity index (χ1v) is 3.99. The number of nitrogens with one attached hydrogen (secondary N) is 1. The van der Waals surface area contributed by atoms with Gasteiger partial charge in [0.05, 0.1) is 0 Å². The van der Waals surface area contributed by atoms with Gasteiger partial charge < -0.3 is 5.32 Å². The molecule has 2 nitrogen and oxygen atoms in total. The van der Waals surface area contributed by atoms with Crippen LogP contribution in [-0.4, -0.2) is 18.9 Å². The third kappa shape index (κ3) is 1.26. The number of allylic oxidation sites excluding steroid dienone is 3. The van der Waals surface area contributed by atoms with Crippen LogP contribution in [0.1, 0.15) is 6.42 Å². The molecule has 0 spiro atoms. The fraction of sp³-hybridized carbons (Fsp3) is 0.444. The highest BCUT2D eigenvalue weighted by Gasteiger charge is 2.19. The molecule has 0 saturated carbocycles. The Morgan fingerprint density at radius 3 is 3.36 bits per heavy atom. The van der Waals surface area contributed by atoms with Gasteiger partial charge in [-0.05, 0) is 30.7 Å². The van der Waals surface area contributed by atoms with Crippen molar-refractivity contribution < 1.29 is 4.79 Å². The van der Waals surface area contributed by atoms with Crippen LogP contribution in [-0.2, 0) is 4.79 Å². The summed E-state index contributed by atoms with van der Waals surface area (Å²) < 4.78 is 0. The molecule has 2 heteroatoms. The van der Waals surface area contributed by atoms with E-state index >= 15 is 0 Å². The molecule has 1 saturated heterocycles. The number of hydrogen-bond donors (Lipinski definition) is 1. The van der Waals surface area contributed by atoms with Crippen molar-refractivity contribution in [3.05, 3.63) is 23.8 Å². The average Bonchev–Trinajstić information content (AvgIpc) is 2.04. The molecule has 0 aromatic rings. The lowest BCUT2D eigenvalue weighted by Gasteiger charge is -2.25. The summed E-state index contributed by atoms with van der Waals surface area (Å²) in [6.07, 6.45) is 6.60. The first-order valence-electron chi connectivity index (χ1n) is 3.99. The van der Waals surface area contributed by atoms with Crippen LogP contribution in [0.15, 0.2) is 23.8 Å². The van der Waals surface area contributed by atoms with E-state index < -0.39 is 0 Å². The molecule has 0 aromatic carbocycles. The normalized spacial score (nSPS) is 29.6. The van der Waals surface area contributed by atoms with Crippen LogP contribution in [0.2, 0.25) is 0 Å². The summed E-state index contributed by atoms with van der Waals surface area (Å²) in [5.41, 5.74) is 1.25. The molecule has 58 valence electrons. The van der Waals surface area contributed by atoms with Crippen molar-refractivity contribution in [2.75, 3.05) is 13.1 Å². The summed E-state index contributed by atoms with van der Waals surface area (Å²) in [7, 11) is 0. The monoisotopic (exact) mass is 149 g/mol. The molecule has 1 heterocycles. The van der Waals surface area contributed by atoms with Gasteiger partial charge in [-0.25, -0.2) is 0 Å². The van der Waals surface area contributed by atoms with E-state index in [9.17, 15) is 4.79 Å². The maximum absolute atomic E-state index is 10.9. The second-order valence-electron chi connectivity index (χ2n) is 3.05. The second-order valence-corrected chi connectivity index (χ2v) is 3.05. The van der Waals surface area contributed by atoms with E-state index in [2.05, 4.69) is 5.32 Å². The maximum atomic E-state index is 10.9. The quantitative estimate of drug-likeness (QED) is 0.548. The van der Waals surface area contributed by atoms with Gasteiger partial charge >= 0.3 is 0 Å². The molecule has 0 bridgehead atoms. The summed E-state index contributed by atoms with van der Waals surface area (Å²) in [6, 6.07) is 0. The third-order valence-electron chi connectivity index (χ3n) is 2.26. The molecule has 0 radical (unpaired) electrons. The van der Waals surface area contributed by atoms with E-state index in [0.717, 1.165) is 19.5 Å². The van der Waals surface area contributed by atoms with Gasteiger partial charge in [-0.3, -0.25) is 4.79 Å². The topological polar surface area (TPSA) is 29.1 Å². The lowest BCUT2D eigenvalue weighted by Crippen LogP contribution is -2.31. The Morgan fingerprint density at radius 1 is 1.55 bits per heavy atom. The van der Waals surface area contributed by atoms with Gasteiger partial charge in [0.25, 0.3) is 0 Å². The fourth-order valence-corrected chi connectivity index (χ4v) is 1.63. The van der Waals surface area contributed by atoms with Crippen LogP contribution in [0.25, 0.3) is 0 Å². The van der Waals surface area contributed by atoms with Gasteiger partial charge in [0.1, 0.15) is 0 Å². The Hall–Kier alpha value is -0.890. The van der Waals surface area contributed by atoms with Crippen molar-refractivity contribution in [1.29, 1.82) is 0 Å². The van der Waals surface area contributed by atoms with Gasteiger partial charge in [0.2, 0.25) is 0 Å². The number of rotatable bonds is 0. The molecule has 0 aromatic heterocycles. The highest BCUT2D eigenvalue weighted by molar-refractivity contribution is 6.00. The molecule has 1 unspecified atom stereocenters. The van der Waals surface area contributed by atoms with Crippen molar-refractivity contribution >= 4 is 5.78 Å². The predicted octanol–water partition coefficient (Wildman–Crippen LogP) is 0.661.